The average Bonchev–Trinajstić information content (AvgIpc) is 2.76. The molecule has 1 N–H and O–H groups in total. The summed E-state index contributed by atoms with van der Waals surface area (Å²) in [4.78, 5) is 30.5. The van der Waals surface area contributed by atoms with Crippen LogP contribution in [0.1, 0.15) is 34.5 Å². The number of hydrogen-bond acceptors (Lipinski definition) is 3. The third kappa shape index (κ3) is 3.94. The van der Waals surface area contributed by atoms with E-state index in [4.69, 9.17) is 0 Å². The fraction of sp³-hybridized carbons (Fsp3) is 0.125. The molecule has 0 aliphatic rings. The molecule has 0 aliphatic carbocycles. The number of carbonyl (C=O) groups is 1. The van der Waals surface area contributed by atoms with Crippen molar-refractivity contribution in [3.63, 3.8) is 0 Å². The lowest BCUT2D eigenvalue weighted by Gasteiger charge is -2.16. The number of nitrogens with one attached hydrogen (secondary N) is 1. The standard InChI is InChI=1S/C24H21N3O2/c1-17(19-11-6-3-7-12-19)26-23(28)21-15-20-13-8-14-25-22(20)27(24(21)29)16-18-9-4-2-5-10-18/h2-15,17H,16H2,1H3,(H,26,28)/t17-/m0/s1. The van der Waals surface area contributed by atoms with Crippen LogP contribution in [0.4, 0.5) is 0 Å². The molecule has 4 aromatic rings. The van der Waals surface area contributed by atoms with Gasteiger partial charge in [-0.2, -0.15) is 0 Å². The van der Waals surface area contributed by atoms with Crippen LogP contribution in [0, 0.1) is 0 Å². The van der Waals surface area contributed by atoms with Crippen LogP contribution in [0.3, 0.4) is 0 Å². The smallest absolute Gasteiger partial charge is 0.265 e. The van der Waals surface area contributed by atoms with Gasteiger partial charge >= 0.3 is 0 Å². The minimum absolute atomic E-state index is 0.115. The highest BCUT2D eigenvalue weighted by molar-refractivity contribution is 5.97. The summed E-state index contributed by atoms with van der Waals surface area (Å²) < 4.78 is 1.56. The molecule has 0 spiro atoms. The summed E-state index contributed by atoms with van der Waals surface area (Å²) >= 11 is 0. The first-order valence-corrected chi connectivity index (χ1v) is 9.52. The van der Waals surface area contributed by atoms with Crippen molar-refractivity contribution < 1.29 is 4.79 Å². The minimum Gasteiger partial charge on any atom is -0.345 e. The van der Waals surface area contributed by atoms with Crippen molar-refractivity contribution in [2.45, 2.75) is 19.5 Å². The average molecular weight is 383 g/mol. The predicted octanol–water partition coefficient (Wildman–Crippen LogP) is 3.94. The van der Waals surface area contributed by atoms with Gasteiger partial charge < -0.3 is 5.32 Å². The van der Waals surface area contributed by atoms with Crippen molar-refractivity contribution in [3.8, 4) is 0 Å². The highest BCUT2D eigenvalue weighted by atomic mass is 16.2. The summed E-state index contributed by atoms with van der Waals surface area (Å²) in [6, 6.07) is 24.4. The van der Waals surface area contributed by atoms with E-state index in [-0.39, 0.29) is 23.1 Å². The molecule has 2 aromatic heterocycles. The van der Waals surface area contributed by atoms with Crippen molar-refractivity contribution in [1.29, 1.82) is 0 Å². The van der Waals surface area contributed by atoms with Gasteiger partial charge in [0.25, 0.3) is 11.5 Å². The Bertz CT molecular complexity index is 1200. The first-order valence-electron chi connectivity index (χ1n) is 9.52. The molecular weight excluding hydrogens is 362 g/mol. The maximum Gasteiger partial charge on any atom is 0.265 e. The van der Waals surface area contributed by atoms with Crippen molar-refractivity contribution in [1.82, 2.24) is 14.9 Å². The Hall–Kier alpha value is -3.73. The van der Waals surface area contributed by atoms with Gasteiger partial charge in [-0.15, -0.1) is 0 Å². The lowest BCUT2D eigenvalue weighted by Crippen LogP contribution is -2.35. The third-order valence-corrected chi connectivity index (χ3v) is 4.92. The Morgan fingerprint density at radius 2 is 1.69 bits per heavy atom. The zero-order valence-corrected chi connectivity index (χ0v) is 16.1. The number of amides is 1. The number of rotatable bonds is 5. The van der Waals surface area contributed by atoms with E-state index in [1.165, 1.54) is 0 Å². The quantitative estimate of drug-likeness (QED) is 0.568. The van der Waals surface area contributed by atoms with Crippen LogP contribution < -0.4 is 10.9 Å². The molecule has 2 aromatic carbocycles. The molecule has 29 heavy (non-hydrogen) atoms. The minimum atomic E-state index is -0.390. The molecule has 0 saturated carbocycles. The lowest BCUT2D eigenvalue weighted by molar-refractivity contribution is 0.0938. The molecule has 0 saturated heterocycles. The van der Waals surface area contributed by atoms with Crippen LogP contribution in [0.25, 0.3) is 11.0 Å². The lowest BCUT2D eigenvalue weighted by atomic mass is 10.1. The van der Waals surface area contributed by atoms with E-state index in [9.17, 15) is 9.59 Å². The predicted molar refractivity (Wildman–Crippen MR) is 114 cm³/mol. The summed E-state index contributed by atoms with van der Waals surface area (Å²) in [5.41, 5.74) is 2.28. The Morgan fingerprint density at radius 1 is 1.00 bits per heavy atom. The van der Waals surface area contributed by atoms with E-state index in [0.717, 1.165) is 16.5 Å². The number of nitrogens with zero attached hydrogens (tertiary/aromatic N) is 2. The highest BCUT2D eigenvalue weighted by Gasteiger charge is 2.18. The van der Waals surface area contributed by atoms with E-state index >= 15 is 0 Å². The van der Waals surface area contributed by atoms with Gasteiger partial charge in [-0.1, -0.05) is 60.7 Å². The number of benzene rings is 2. The van der Waals surface area contributed by atoms with Crippen molar-refractivity contribution in [2.24, 2.45) is 0 Å². The summed E-state index contributed by atoms with van der Waals surface area (Å²) in [6.07, 6.45) is 1.65. The van der Waals surface area contributed by atoms with Crippen molar-refractivity contribution in [2.75, 3.05) is 0 Å². The van der Waals surface area contributed by atoms with E-state index in [0.29, 0.717) is 12.2 Å². The summed E-state index contributed by atoms with van der Waals surface area (Å²) in [5, 5.41) is 3.69. The molecule has 1 amide bonds. The molecule has 0 unspecified atom stereocenters. The van der Waals surface area contributed by atoms with Crippen LogP contribution in [-0.2, 0) is 6.54 Å². The fourth-order valence-electron chi connectivity index (χ4n) is 3.38. The maximum atomic E-state index is 13.2. The van der Waals surface area contributed by atoms with Gasteiger partial charge in [0.2, 0.25) is 0 Å². The second-order valence-corrected chi connectivity index (χ2v) is 6.96. The second-order valence-electron chi connectivity index (χ2n) is 6.96. The Kier molecular flexibility index (Phi) is 5.20. The van der Waals surface area contributed by atoms with Gasteiger partial charge in [0.15, 0.2) is 0 Å². The Balaban J connectivity index is 1.74. The number of aromatic nitrogens is 2. The zero-order valence-electron chi connectivity index (χ0n) is 16.1. The molecule has 4 rings (SSSR count). The van der Waals surface area contributed by atoms with Gasteiger partial charge in [0.05, 0.1) is 12.6 Å². The first-order chi connectivity index (χ1) is 14.1. The second kappa shape index (κ2) is 8.10. The normalized spacial score (nSPS) is 11.9. The van der Waals surface area contributed by atoms with Crippen LogP contribution in [0.15, 0.2) is 89.9 Å². The summed E-state index contributed by atoms with van der Waals surface area (Å²) in [7, 11) is 0. The summed E-state index contributed by atoms with van der Waals surface area (Å²) in [5.74, 6) is -0.390. The molecule has 2 heterocycles. The van der Waals surface area contributed by atoms with E-state index in [2.05, 4.69) is 10.3 Å². The monoisotopic (exact) mass is 383 g/mol. The molecular formula is C24H21N3O2. The zero-order chi connectivity index (χ0) is 20.2. The molecule has 0 fully saturated rings. The molecule has 0 radical (unpaired) electrons. The number of fused-ring (bicyclic) bond motifs is 1. The molecule has 0 bridgehead atoms. The van der Waals surface area contributed by atoms with Crippen LogP contribution in [0.5, 0.6) is 0 Å². The third-order valence-electron chi connectivity index (χ3n) is 4.92. The fourth-order valence-corrected chi connectivity index (χ4v) is 3.38. The van der Waals surface area contributed by atoms with Crippen LogP contribution >= 0.6 is 0 Å². The van der Waals surface area contributed by atoms with Gasteiger partial charge in [0, 0.05) is 11.6 Å². The van der Waals surface area contributed by atoms with Gasteiger partial charge in [0.1, 0.15) is 11.2 Å². The summed E-state index contributed by atoms with van der Waals surface area (Å²) in [6.45, 7) is 2.25. The molecule has 5 heteroatoms. The topological polar surface area (TPSA) is 64.0 Å². The molecule has 144 valence electrons. The van der Waals surface area contributed by atoms with Gasteiger partial charge in [-0.05, 0) is 36.2 Å². The number of carbonyl (C=O) groups excluding carboxylic acids is 1. The van der Waals surface area contributed by atoms with Crippen LogP contribution in [-0.4, -0.2) is 15.5 Å². The maximum absolute atomic E-state index is 13.2. The molecule has 1 atom stereocenters. The van der Waals surface area contributed by atoms with Crippen molar-refractivity contribution in [3.05, 3.63) is 112 Å². The number of hydrogen-bond donors (Lipinski definition) is 1. The number of pyridine rings is 2. The molecule has 0 aliphatic heterocycles. The Morgan fingerprint density at radius 3 is 2.41 bits per heavy atom. The van der Waals surface area contributed by atoms with Crippen molar-refractivity contribution >= 4 is 16.9 Å². The Labute approximate surface area is 168 Å². The SMILES string of the molecule is C[C@H](NC(=O)c1cc2cccnc2n(Cc2ccccc2)c1=O)c1ccccc1. The van der Waals surface area contributed by atoms with Gasteiger partial charge in [-0.25, -0.2) is 4.98 Å². The van der Waals surface area contributed by atoms with E-state index in [1.807, 2.05) is 73.7 Å². The molecule has 5 nitrogen and oxygen atoms in total. The van der Waals surface area contributed by atoms with Crippen LogP contribution in [0.2, 0.25) is 0 Å². The van der Waals surface area contributed by atoms with Gasteiger partial charge in [-0.3, -0.25) is 14.2 Å². The highest BCUT2D eigenvalue weighted by Crippen LogP contribution is 2.15. The largest absolute Gasteiger partial charge is 0.345 e. The first kappa shape index (κ1) is 18.6. The van der Waals surface area contributed by atoms with E-state index in [1.54, 1.807) is 22.9 Å². The van der Waals surface area contributed by atoms with E-state index < -0.39 is 0 Å².